The molecule has 1 aromatic heterocycles. The van der Waals surface area contributed by atoms with Crippen molar-refractivity contribution in [2.45, 2.75) is 38.5 Å². The molecule has 3 aromatic carbocycles. The van der Waals surface area contributed by atoms with Crippen LogP contribution in [0.15, 0.2) is 60.7 Å². The fourth-order valence-electron chi connectivity index (χ4n) is 6.20. The van der Waals surface area contributed by atoms with Gasteiger partial charge >= 0.3 is 0 Å². The molecule has 9 heteroatoms. The summed E-state index contributed by atoms with van der Waals surface area (Å²) in [5, 5.41) is 11.6. The lowest BCUT2D eigenvalue weighted by Crippen LogP contribution is -2.25. The van der Waals surface area contributed by atoms with E-state index in [4.69, 9.17) is 4.98 Å². The van der Waals surface area contributed by atoms with E-state index < -0.39 is 0 Å². The van der Waals surface area contributed by atoms with Crippen LogP contribution in [-0.2, 0) is 9.59 Å². The number of nitrogens with zero attached hydrogens (tertiary/aromatic N) is 4. The van der Waals surface area contributed by atoms with Gasteiger partial charge in [-0.3, -0.25) is 9.59 Å². The zero-order valence-corrected chi connectivity index (χ0v) is 25.9. The van der Waals surface area contributed by atoms with Gasteiger partial charge in [0.05, 0.1) is 16.7 Å². The molecule has 230 valence electrons. The fraction of sp³-hybridized carbons (Fsp3) is 0.400. The van der Waals surface area contributed by atoms with Gasteiger partial charge in [0.25, 0.3) is 0 Å². The summed E-state index contributed by atoms with van der Waals surface area (Å²) in [6.45, 7) is 5.88. The topological polar surface area (TPSA) is 92.8 Å². The Morgan fingerprint density at radius 1 is 0.682 bits per heavy atom. The molecule has 6 rings (SSSR count). The highest BCUT2D eigenvalue weighted by atomic mass is 16.2. The van der Waals surface area contributed by atoms with Gasteiger partial charge in [0, 0.05) is 73.5 Å². The molecule has 0 bridgehead atoms. The van der Waals surface area contributed by atoms with Crippen LogP contribution in [0, 0.1) is 0 Å². The number of pyridine rings is 1. The molecule has 0 aliphatic carbocycles. The van der Waals surface area contributed by atoms with Crippen LogP contribution >= 0.6 is 0 Å². The SMILES string of the molecule is CN(C)c1ccc(Nc2c3cc(NC(=O)CCN4CCCC4)ccc3nc3ccc(NC(=O)CCN4CCCC4)cc23)cc1. The molecule has 2 saturated heterocycles. The highest BCUT2D eigenvalue weighted by Gasteiger charge is 2.16. The minimum Gasteiger partial charge on any atom is -0.378 e. The lowest BCUT2D eigenvalue weighted by molar-refractivity contribution is -0.117. The molecule has 0 radical (unpaired) electrons. The third-order valence-corrected chi connectivity index (χ3v) is 8.70. The number of hydrogen-bond acceptors (Lipinski definition) is 7. The summed E-state index contributed by atoms with van der Waals surface area (Å²) < 4.78 is 0. The molecule has 0 spiro atoms. The van der Waals surface area contributed by atoms with Crippen LogP contribution in [0.25, 0.3) is 21.8 Å². The Balaban J connectivity index is 1.30. The molecule has 2 fully saturated rings. The van der Waals surface area contributed by atoms with Gasteiger partial charge in [-0.1, -0.05) is 0 Å². The molecule has 2 aliphatic heterocycles. The zero-order chi connectivity index (χ0) is 30.5. The smallest absolute Gasteiger partial charge is 0.225 e. The number of benzene rings is 3. The lowest BCUT2D eigenvalue weighted by Gasteiger charge is -2.18. The van der Waals surface area contributed by atoms with E-state index in [0.29, 0.717) is 12.8 Å². The second kappa shape index (κ2) is 13.6. The monoisotopic (exact) mass is 593 g/mol. The van der Waals surface area contributed by atoms with Crippen molar-refractivity contribution in [2.24, 2.45) is 0 Å². The first-order chi connectivity index (χ1) is 21.4. The first-order valence-electron chi connectivity index (χ1n) is 15.9. The van der Waals surface area contributed by atoms with E-state index in [0.717, 1.165) is 89.5 Å². The summed E-state index contributed by atoms with van der Waals surface area (Å²) in [4.78, 5) is 37.4. The molecule has 3 N–H and O–H groups in total. The third-order valence-electron chi connectivity index (χ3n) is 8.70. The van der Waals surface area contributed by atoms with Crippen molar-refractivity contribution in [3.63, 3.8) is 0 Å². The van der Waals surface area contributed by atoms with Crippen molar-refractivity contribution in [1.29, 1.82) is 0 Å². The van der Waals surface area contributed by atoms with Crippen molar-refractivity contribution in [2.75, 3.05) is 74.2 Å². The first-order valence-corrected chi connectivity index (χ1v) is 15.9. The fourth-order valence-corrected chi connectivity index (χ4v) is 6.20. The Hall–Kier alpha value is -4.21. The average molecular weight is 594 g/mol. The van der Waals surface area contributed by atoms with Crippen molar-refractivity contribution in [3.8, 4) is 0 Å². The summed E-state index contributed by atoms with van der Waals surface area (Å²) in [6.07, 6.45) is 5.79. The molecule has 4 aromatic rings. The Kier molecular flexibility index (Phi) is 9.23. The number of carbonyl (C=O) groups excluding carboxylic acids is 2. The second-order valence-corrected chi connectivity index (χ2v) is 12.2. The molecule has 0 atom stereocenters. The summed E-state index contributed by atoms with van der Waals surface area (Å²) >= 11 is 0. The minimum absolute atomic E-state index is 0.0118. The van der Waals surface area contributed by atoms with Crippen molar-refractivity contribution < 1.29 is 9.59 Å². The van der Waals surface area contributed by atoms with Crippen molar-refractivity contribution in [3.05, 3.63) is 60.7 Å². The molecular formula is C35H43N7O2. The molecule has 9 nitrogen and oxygen atoms in total. The minimum atomic E-state index is 0.0118. The first kappa shape index (κ1) is 29.8. The maximum Gasteiger partial charge on any atom is 0.225 e. The van der Waals surface area contributed by atoms with Gasteiger partial charge in [0.2, 0.25) is 11.8 Å². The number of anilines is 5. The van der Waals surface area contributed by atoms with Crippen LogP contribution in [0.4, 0.5) is 28.4 Å². The van der Waals surface area contributed by atoms with Gasteiger partial charge in [-0.25, -0.2) is 4.98 Å². The zero-order valence-electron chi connectivity index (χ0n) is 25.9. The third kappa shape index (κ3) is 7.29. The quantitative estimate of drug-likeness (QED) is 0.183. The average Bonchev–Trinajstić information content (AvgIpc) is 3.75. The molecule has 0 saturated carbocycles. The van der Waals surface area contributed by atoms with Crippen LogP contribution in [0.2, 0.25) is 0 Å². The van der Waals surface area contributed by atoms with E-state index in [2.05, 4.69) is 54.9 Å². The lowest BCUT2D eigenvalue weighted by atomic mass is 10.1. The van der Waals surface area contributed by atoms with Gasteiger partial charge in [-0.2, -0.15) is 0 Å². The summed E-state index contributed by atoms with van der Waals surface area (Å²) in [5.74, 6) is 0.0235. The number of likely N-dealkylation sites (tertiary alicyclic amines) is 2. The van der Waals surface area contributed by atoms with Gasteiger partial charge in [0.1, 0.15) is 0 Å². The summed E-state index contributed by atoms with van der Waals surface area (Å²) in [5.41, 5.74) is 6.04. The highest BCUT2D eigenvalue weighted by molar-refractivity contribution is 6.11. The van der Waals surface area contributed by atoms with Crippen LogP contribution in [0.5, 0.6) is 0 Å². The van der Waals surface area contributed by atoms with E-state index >= 15 is 0 Å². The predicted molar refractivity (Wildman–Crippen MR) is 181 cm³/mol. The molecular weight excluding hydrogens is 550 g/mol. The number of hydrogen-bond donors (Lipinski definition) is 3. The number of aromatic nitrogens is 1. The Labute approximate surface area is 259 Å². The van der Waals surface area contributed by atoms with Crippen LogP contribution in [0.1, 0.15) is 38.5 Å². The maximum absolute atomic E-state index is 12.8. The Morgan fingerprint density at radius 3 is 1.59 bits per heavy atom. The molecule has 44 heavy (non-hydrogen) atoms. The van der Waals surface area contributed by atoms with Crippen molar-refractivity contribution in [1.82, 2.24) is 14.8 Å². The summed E-state index contributed by atoms with van der Waals surface area (Å²) in [7, 11) is 4.04. The largest absolute Gasteiger partial charge is 0.378 e. The van der Waals surface area contributed by atoms with E-state index in [1.165, 1.54) is 25.7 Å². The Morgan fingerprint density at radius 2 is 1.14 bits per heavy atom. The standard InChI is InChI=1S/C35H43N7O2/c1-40(2)28-11-7-25(8-12-28)38-35-29-23-26(36-33(43)15-21-41-17-3-4-18-41)9-13-31(29)39-32-14-10-27(24-30(32)35)37-34(44)16-22-42-19-5-6-20-42/h7-14,23-24H,3-6,15-22H2,1-2H3,(H,36,43)(H,37,44)(H,38,39). The second-order valence-electron chi connectivity index (χ2n) is 12.2. The Bertz CT molecular complexity index is 1530. The van der Waals surface area contributed by atoms with E-state index in [-0.39, 0.29) is 11.8 Å². The van der Waals surface area contributed by atoms with Crippen LogP contribution in [0.3, 0.4) is 0 Å². The number of nitrogens with one attached hydrogen (secondary N) is 3. The molecule has 2 aliphatic rings. The van der Waals surface area contributed by atoms with Gasteiger partial charge in [0.15, 0.2) is 0 Å². The van der Waals surface area contributed by atoms with Crippen LogP contribution < -0.4 is 20.9 Å². The maximum atomic E-state index is 12.8. The van der Waals surface area contributed by atoms with Crippen molar-refractivity contribution >= 4 is 62.1 Å². The van der Waals surface area contributed by atoms with E-state index in [1.54, 1.807) is 0 Å². The summed E-state index contributed by atoms with van der Waals surface area (Å²) in [6, 6.07) is 20.0. The molecule has 2 amide bonds. The van der Waals surface area contributed by atoms with Gasteiger partial charge in [-0.15, -0.1) is 0 Å². The number of fused-ring (bicyclic) bond motifs is 2. The molecule has 0 unspecified atom stereocenters. The normalized spacial score (nSPS) is 15.6. The highest BCUT2D eigenvalue weighted by Crippen LogP contribution is 2.36. The van der Waals surface area contributed by atoms with E-state index in [1.807, 2.05) is 50.5 Å². The number of amides is 2. The van der Waals surface area contributed by atoms with E-state index in [9.17, 15) is 9.59 Å². The number of carbonyl (C=O) groups is 2. The van der Waals surface area contributed by atoms with Gasteiger partial charge < -0.3 is 30.7 Å². The van der Waals surface area contributed by atoms with Crippen LogP contribution in [-0.4, -0.2) is 80.0 Å². The van der Waals surface area contributed by atoms with Gasteiger partial charge in [-0.05, 0) is 113 Å². The molecule has 3 heterocycles. The predicted octanol–water partition coefficient (Wildman–Crippen LogP) is 6.05. The number of rotatable bonds is 11.